The van der Waals surface area contributed by atoms with Crippen molar-refractivity contribution < 1.29 is 23.8 Å². The predicted octanol–water partition coefficient (Wildman–Crippen LogP) is 2.45. The number of amides is 2. The van der Waals surface area contributed by atoms with E-state index < -0.39 is 6.23 Å². The molecule has 1 atom stereocenters. The van der Waals surface area contributed by atoms with Gasteiger partial charge in [-0.2, -0.15) is 0 Å². The number of hydrogen-bond donors (Lipinski definition) is 4. The molecule has 5 N–H and O–H groups in total. The van der Waals surface area contributed by atoms with Crippen LogP contribution in [0, 0.1) is 17.3 Å². The van der Waals surface area contributed by atoms with E-state index >= 15 is 0 Å². The summed E-state index contributed by atoms with van der Waals surface area (Å²) in [4.78, 5) is 24.2. The fraction of sp³-hybridized carbons (Fsp3) is 0.643. The number of nitrogens with one attached hydrogen (secondary N) is 3. The highest BCUT2D eigenvalue weighted by Gasteiger charge is 2.14. The van der Waals surface area contributed by atoms with E-state index in [4.69, 9.17) is 19.9 Å². The molecule has 0 saturated carbocycles. The predicted molar refractivity (Wildman–Crippen MR) is 146 cm³/mol. The van der Waals surface area contributed by atoms with Gasteiger partial charge in [-0.05, 0) is 58.7 Å². The number of carbonyl (C=O) groups is 2. The minimum Gasteiger partial charge on any atom is -0.489 e. The van der Waals surface area contributed by atoms with Gasteiger partial charge in [0.15, 0.2) is 0 Å². The van der Waals surface area contributed by atoms with Gasteiger partial charge in [0.05, 0.1) is 19.8 Å². The summed E-state index contributed by atoms with van der Waals surface area (Å²) < 4.78 is 16.4. The second-order valence-corrected chi connectivity index (χ2v) is 10.0. The molecule has 2 amide bonds. The number of carbonyl (C=O) groups excluding carboxylic acids is 2. The molecule has 9 heteroatoms. The first kappa shape index (κ1) is 32.4. The molecule has 0 aliphatic carbocycles. The SMILES string of the molecule is CCC(C)(C)C#CCNC(=O)COCCOC(N)COc1cccc(C(=O)NCCNC(C)(C)CC)c1. The number of nitrogens with two attached hydrogens (primary N) is 1. The third-order valence-corrected chi connectivity index (χ3v) is 5.89. The molecule has 0 spiro atoms. The van der Waals surface area contributed by atoms with E-state index in [9.17, 15) is 9.59 Å². The van der Waals surface area contributed by atoms with Crippen LogP contribution in [0.25, 0.3) is 0 Å². The zero-order valence-electron chi connectivity index (χ0n) is 23.4. The fourth-order valence-electron chi connectivity index (χ4n) is 2.75. The fourth-order valence-corrected chi connectivity index (χ4v) is 2.75. The Labute approximate surface area is 222 Å². The summed E-state index contributed by atoms with van der Waals surface area (Å²) in [6.07, 6.45) is 1.27. The Morgan fingerprint density at radius 3 is 2.51 bits per heavy atom. The Bertz CT molecular complexity index is 892. The molecule has 0 aliphatic heterocycles. The lowest BCUT2D eigenvalue weighted by molar-refractivity contribution is -0.126. The number of ether oxygens (including phenoxy) is 3. The van der Waals surface area contributed by atoms with E-state index in [0.29, 0.717) is 30.9 Å². The largest absolute Gasteiger partial charge is 0.489 e. The van der Waals surface area contributed by atoms with Crippen molar-refractivity contribution in [2.24, 2.45) is 11.1 Å². The maximum Gasteiger partial charge on any atom is 0.251 e. The van der Waals surface area contributed by atoms with E-state index in [1.54, 1.807) is 24.3 Å². The van der Waals surface area contributed by atoms with Gasteiger partial charge in [-0.25, -0.2) is 0 Å². The second-order valence-electron chi connectivity index (χ2n) is 10.0. The molecule has 0 heterocycles. The quantitative estimate of drug-likeness (QED) is 0.142. The average molecular weight is 519 g/mol. The van der Waals surface area contributed by atoms with Crippen molar-refractivity contribution >= 4 is 11.8 Å². The first-order chi connectivity index (χ1) is 17.5. The maximum absolute atomic E-state index is 12.4. The lowest BCUT2D eigenvalue weighted by Gasteiger charge is -2.24. The Hall–Kier alpha value is -2.64. The molecule has 0 aromatic heterocycles. The Balaban J connectivity index is 2.23. The van der Waals surface area contributed by atoms with Crippen molar-refractivity contribution in [3.05, 3.63) is 29.8 Å². The van der Waals surface area contributed by atoms with Crippen molar-refractivity contribution in [3.63, 3.8) is 0 Å². The van der Waals surface area contributed by atoms with Crippen LogP contribution in [0.15, 0.2) is 24.3 Å². The molecule has 9 nitrogen and oxygen atoms in total. The van der Waals surface area contributed by atoms with Crippen molar-refractivity contribution in [1.29, 1.82) is 0 Å². The van der Waals surface area contributed by atoms with E-state index in [1.165, 1.54) is 0 Å². The molecule has 1 unspecified atom stereocenters. The van der Waals surface area contributed by atoms with Crippen molar-refractivity contribution in [3.8, 4) is 17.6 Å². The lowest BCUT2D eigenvalue weighted by Crippen LogP contribution is -2.43. The highest BCUT2D eigenvalue weighted by atomic mass is 16.6. The maximum atomic E-state index is 12.4. The summed E-state index contributed by atoms with van der Waals surface area (Å²) in [6.45, 7) is 14.6. The molecule has 0 aliphatic rings. The van der Waals surface area contributed by atoms with Gasteiger partial charge in [0.25, 0.3) is 5.91 Å². The van der Waals surface area contributed by atoms with Crippen LogP contribution in [0.4, 0.5) is 0 Å². The van der Waals surface area contributed by atoms with Gasteiger partial charge in [0.2, 0.25) is 5.91 Å². The molecule has 0 saturated heterocycles. The molecule has 0 bridgehead atoms. The number of rotatable bonds is 17. The third-order valence-electron chi connectivity index (χ3n) is 5.89. The summed E-state index contributed by atoms with van der Waals surface area (Å²) in [7, 11) is 0. The summed E-state index contributed by atoms with van der Waals surface area (Å²) in [6, 6.07) is 6.91. The molecule has 1 aromatic rings. The normalized spacial score (nSPS) is 12.3. The van der Waals surface area contributed by atoms with Crippen molar-refractivity contribution in [2.45, 2.75) is 66.2 Å². The topological polar surface area (TPSA) is 124 Å². The van der Waals surface area contributed by atoms with Crippen LogP contribution < -0.4 is 26.4 Å². The molecule has 0 fully saturated rings. The third kappa shape index (κ3) is 15.3. The van der Waals surface area contributed by atoms with Crippen LogP contribution in [-0.4, -0.2) is 69.6 Å². The molecule has 0 radical (unpaired) electrons. The van der Waals surface area contributed by atoms with E-state index in [2.05, 4.69) is 69.3 Å². The van der Waals surface area contributed by atoms with Gasteiger partial charge in [-0.1, -0.05) is 31.8 Å². The van der Waals surface area contributed by atoms with Crippen LogP contribution >= 0.6 is 0 Å². The lowest BCUT2D eigenvalue weighted by atomic mass is 9.91. The highest BCUT2D eigenvalue weighted by molar-refractivity contribution is 5.94. The zero-order valence-corrected chi connectivity index (χ0v) is 23.4. The summed E-state index contributed by atoms with van der Waals surface area (Å²) in [5.74, 6) is 6.21. The smallest absolute Gasteiger partial charge is 0.251 e. The van der Waals surface area contributed by atoms with E-state index in [1.807, 2.05) is 0 Å². The Morgan fingerprint density at radius 1 is 1.05 bits per heavy atom. The Morgan fingerprint density at radius 2 is 1.81 bits per heavy atom. The van der Waals surface area contributed by atoms with Crippen LogP contribution in [0.3, 0.4) is 0 Å². The Kier molecular flexibility index (Phi) is 14.9. The molecule has 37 heavy (non-hydrogen) atoms. The second kappa shape index (κ2) is 17.0. The van der Waals surface area contributed by atoms with Gasteiger partial charge < -0.3 is 35.9 Å². The highest BCUT2D eigenvalue weighted by Crippen LogP contribution is 2.17. The van der Waals surface area contributed by atoms with Crippen LogP contribution in [0.5, 0.6) is 5.75 Å². The molecule has 1 rings (SSSR count). The minimum atomic E-state index is -0.680. The van der Waals surface area contributed by atoms with Crippen molar-refractivity contribution in [2.75, 3.05) is 46.1 Å². The van der Waals surface area contributed by atoms with Gasteiger partial charge in [0, 0.05) is 29.6 Å². The first-order valence-electron chi connectivity index (χ1n) is 13.0. The van der Waals surface area contributed by atoms with Crippen molar-refractivity contribution in [1.82, 2.24) is 16.0 Å². The van der Waals surface area contributed by atoms with Gasteiger partial charge in [-0.15, -0.1) is 0 Å². The van der Waals surface area contributed by atoms with Crippen LogP contribution in [-0.2, 0) is 14.3 Å². The minimum absolute atomic E-state index is 0.0428. The first-order valence-corrected chi connectivity index (χ1v) is 13.0. The summed E-state index contributed by atoms with van der Waals surface area (Å²) in [5, 5.41) is 9.01. The van der Waals surface area contributed by atoms with Crippen LogP contribution in [0.1, 0.15) is 64.7 Å². The number of benzene rings is 1. The molecular weight excluding hydrogens is 472 g/mol. The molecular formula is C28H46N4O5. The van der Waals surface area contributed by atoms with Gasteiger partial charge in [0.1, 0.15) is 25.2 Å². The van der Waals surface area contributed by atoms with Gasteiger partial charge >= 0.3 is 0 Å². The summed E-state index contributed by atoms with van der Waals surface area (Å²) in [5.41, 5.74) is 6.43. The number of hydrogen-bond acceptors (Lipinski definition) is 7. The monoisotopic (exact) mass is 518 g/mol. The zero-order chi connectivity index (χ0) is 27.7. The van der Waals surface area contributed by atoms with E-state index in [-0.39, 0.29) is 49.2 Å². The average Bonchev–Trinajstić information content (AvgIpc) is 2.87. The molecule has 208 valence electrons. The van der Waals surface area contributed by atoms with E-state index in [0.717, 1.165) is 12.8 Å². The molecule has 1 aromatic carbocycles. The van der Waals surface area contributed by atoms with Crippen LogP contribution in [0.2, 0.25) is 0 Å². The van der Waals surface area contributed by atoms with Gasteiger partial charge in [-0.3, -0.25) is 9.59 Å². The summed E-state index contributed by atoms with van der Waals surface area (Å²) >= 11 is 0. The standard InChI is InChI=1S/C28H46N4O5/c1-7-27(3,4)13-10-14-30-25(33)21-35-17-18-36-24(29)20-37-23-12-9-11-22(19-23)26(34)31-15-16-32-28(5,6)8-2/h9,11-12,19,24,32H,7-8,14-18,20-21,29H2,1-6H3,(H,30,33)(H,31,34).